The van der Waals surface area contributed by atoms with Crippen molar-refractivity contribution in [2.45, 2.75) is 32.7 Å². The average molecular weight is 480 g/mol. The third-order valence-corrected chi connectivity index (χ3v) is 6.22. The van der Waals surface area contributed by atoms with E-state index in [2.05, 4.69) is 30.8 Å². The number of anilines is 4. The summed E-state index contributed by atoms with van der Waals surface area (Å²) in [5.74, 6) is -1.29. The van der Waals surface area contributed by atoms with Crippen molar-refractivity contribution in [2.24, 2.45) is 5.92 Å². The molecular formula is C24H25FN8O2. The number of hydrogen-bond donors (Lipinski definition) is 3. The number of amides is 2. The molecular weight excluding hydrogens is 451 g/mol. The molecule has 180 valence electrons. The number of rotatable bonds is 5. The molecule has 1 aliphatic carbocycles. The first-order valence-corrected chi connectivity index (χ1v) is 11.1. The Kier molecular flexibility index (Phi) is 4.70. The van der Waals surface area contributed by atoms with Gasteiger partial charge in [0.15, 0.2) is 17.3 Å². The number of carbonyl (C=O) groups excluding carboxylic acids is 2. The van der Waals surface area contributed by atoms with Crippen molar-refractivity contribution in [2.75, 3.05) is 29.6 Å². The molecule has 0 spiro atoms. The molecule has 0 bridgehead atoms. The molecule has 2 amide bonds. The van der Waals surface area contributed by atoms with Crippen LogP contribution in [0.5, 0.6) is 0 Å². The van der Waals surface area contributed by atoms with E-state index in [4.69, 9.17) is 4.11 Å². The molecule has 35 heavy (non-hydrogen) atoms. The summed E-state index contributed by atoms with van der Waals surface area (Å²) in [5.41, 5.74) is 3.06. The van der Waals surface area contributed by atoms with Gasteiger partial charge < -0.3 is 20.9 Å². The number of fused-ring (bicyclic) bond motifs is 3. The van der Waals surface area contributed by atoms with Gasteiger partial charge in [0.25, 0.3) is 5.91 Å². The molecule has 1 aliphatic heterocycles. The van der Waals surface area contributed by atoms with E-state index in [1.165, 1.54) is 12.1 Å². The van der Waals surface area contributed by atoms with E-state index < -0.39 is 18.7 Å². The van der Waals surface area contributed by atoms with E-state index in [0.717, 1.165) is 19.0 Å². The van der Waals surface area contributed by atoms with Crippen molar-refractivity contribution in [1.29, 1.82) is 0 Å². The van der Waals surface area contributed by atoms with E-state index in [-0.39, 0.29) is 35.1 Å². The maximum Gasteiger partial charge on any atom is 0.273 e. The second-order valence-electron chi connectivity index (χ2n) is 8.72. The molecule has 1 saturated carbocycles. The smallest absolute Gasteiger partial charge is 0.273 e. The SMILES string of the molecule is [2H]C([2H])([2H])NC(=O)c1nnc(NC(=O)C2CC2)cc1Nc1nc(C)cc2c1N(C)[C@H](C)c1cc(F)cnc1-2. The van der Waals surface area contributed by atoms with E-state index in [1.54, 1.807) is 6.92 Å². The van der Waals surface area contributed by atoms with Gasteiger partial charge in [0.2, 0.25) is 5.91 Å². The number of aryl methyl sites for hydroxylation is 1. The Bertz CT molecular complexity index is 1460. The zero-order valence-electron chi connectivity index (χ0n) is 22.3. The number of pyridine rings is 2. The number of halogens is 1. The summed E-state index contributed by atoms with van der Waals surface area (Å²) in [7, 11) is 1.83. The van der Waals surface area contributed by atoms with Gasteiger partial charge in [0.1, 0.15) is 5.82 Å². The summed E-state index contributed by atoms with van der Waals surface area (Å²) >= 11 is 0. The monoisotopic (exact) mass is 479 g/mol. The molecule has 3 aromatic heterocycles. The summed E-state index contributed by atoms with van der Waals surface area (Å²) in [4.78, 5) is 36.0. The van der Waals surface area contributed by atoms with Crippen LogP contribution in [-0.4, -0.2) is 46.0 Å². The van der Waals surface area contributed by atoms with Crippen LogP contribution in [0.3, 0.4) is 0 Å². The Labute approximate surface area is 205 Å². The fraction of sp³-hybridized carbons (Fsp3) is 0.333. The average Bonchev–Trinajstić information content (AvgIpc) is 3.67. The van der Waals surface area contributed by atoms with E-state index >= 15 is 0 Å². The predicted molar refractivity (Wildman–Crippen MR) is 129 cm³/mol. The Morgan fingerprint density at radius 1 is 1.23 bits per heavy atom. The highest BCUT2D eigenvalue weighted by Gasteiger charge is 2.32. The van der Waals surface area contributed by atoms with E-state index in [1.807, 2.05) is 30.3 Å². The van der Waals surface area contributed by atoms with Crippen LogP contribution < -0.4 is 20.9 Å². The van der Waals surface area contributed by atoms with Gasteiger partial charge in [-0.05, 0) is 38.8 Å². The first-order valence-electron chi connectivity index (χ1n) is 12.6. The van der Waals surface area contributed by atoms with Crippen molar-refractivity contribution < 1.29 is 18.1 Å². The van der Waals surface area contributed by atoms with Gasteiger partial charge in [-0.1, -0.05) is 0 Å². The minimum Gasteiger partial charge on any atom is -0.364 e. The van der Waals surface area contributed by atoms with Crippen molar-refractivity contribution >= 4 is 34.8 Å². The van der Waals surface area contributed by atoms with Crippen molar-refractivity contribution in [3.05, 3.63) is 47.2 Å². The molecule has 0 unspecified atom stereocenters. The molecule has 0 radical (unpaired) electrons. The standard InChI is InChI=1S/C24H25FN8O2/c1-11-7-16-19-15(8-14(25)10-27-19)12(2)33(4)21(16)22(28-11)29-17-9-18(30-23(34)13-5-6-13)31-32-20(17)24(35)26-3/h7-10,12-13H,5-6H2,1-4H3,(H,26,35)(H2,28,29,30,31,34)/t12-/m1/s1/i3D3. The van der Waals surface area contributed by atoms with Gasteiger partial charge in [-0.25, -0.2) is 9.37 Å². The molecule has 10 nitrogen and oxygen atoms in total. The minimum atomic E-state index is -2.75. The summed E-state index contributed by atoms with van der Waals surface area (Å²) in [6, 6.07) is 4.44. The van der Waals surface area contributed by atoms with Crippen LogP contribution in [0, 0.1) is 18.7 Å². The fourth-order valence-electron chi connectivity index (χ4n) is 4.17. The van der Waals surface area contributed by atoms with Gasteiger partial charge in [-0.15, -0.1) is 10.2 Å². The minimum absolute atomic E-state index is 0.0899. The normalized spacial score (nSPS) is 17.9. The van der Waals surface area contributed by atoms with Crippen LogP contribution in [0.1, 0.15) is 51.7 Å². The highest BCUT2D eigenvalue weighted by Crippen LogP contribution is 2.47. The highest BCUT2D eigenvalue weighted by atomic mass is 19.1. The van der Waals surface area contributed by atoms with Crippen LogP contribution in [-0.2, 0) is 4.79 Å². The van der Waals surface area contributed by atoms with Gasteiger partial charge >= 0.3 is 0 Å². The molecule has 3 aromatic rings. The lowest BCUT2D eigenvalue weighted by Crippen LogP contribution is -2.28. The molecule has 1 fully saturated rings. The zero-order chi connectivity index (χ0) is 27.4. The lowest BCUT2D eigenvalue weighted by atomic mass is 9.93. The molecule has 4 heterocycles. The Morgan fingerprint density at radius 3 is 2.77 bits per heavy atom. The van der Waals surface area contributed by atoms with Crippen molar-refractivity contribution in [3.8, 4) is 11.3 Å². The number of nitrogens with one attached hydrogen (secondary N) is 3. The zero-order valence-corrected chi connectivity index (χ0v) is 19.3. The fourth-order valence-corrected chi connectivity index (χ4v) is 4.17. The number of carbonyl (C=O) groups is 2. The molecule has 1 atom stereocenters. The Hall–Kier alpha value is -4.15. The molecule has 11 heteroatoms. The third-order valence-electron chi connectivity index (χ3n) is 6.22. The Balaban J connectivity index is 1.60. The highest BCUT2D eigenvalue weighted by molar-refractivity contribution is 6.00. The van der Waals surface area contributed by atoms with Gasteiger partial charge in [0.05, 0.1) is 29.3 Å². The maximum atomic E-state index is 14.0. The summed E-state index contributed by atoms with van der Waals surface area (Å²) in [6.45, 7) is 0.929. The molecule has 3 N–H and O–H groups in total. The number of aromatic nitrogens is 4. The van der Waals surface area contributed by atoms with Crippen molar-refractivity contribution in [1.82, 2.24) is 25.5 Å². The van der Waals surface area contributed by atoms with Crippen LogP contribution in [0.15, 0.2) is 24.4 Å². The summed E-state index contributed by atoms with van der Waals surface area (Å²) in [6.07, 6.45) is 2.72. The lowest BCUT2D eigenvalue weighted by molar-refractivity contribution is -0.117. The molecule has 5 rings (SSSR count). The van der Waals surface area contributed by atoms with Crippen LogP contribution in [0.4, 0.5) is 27.4 Å². The van der Waals surface area contributed by atoms with E-state index in [9.17, 15) is 14.0 Å². The van der Waals surface area contributed by atoms with Gasteiger partial charge in [0, 0.05) is 46.9 Å². The van der Waals surface area contributed by atoms with Gasteiger partial charge in [-0.3, -0.25) is 14.6 Å². The lowest BCUT2D eigenvalue weighted by Gasteiger charge is -2.36. The molecule has 2 aliphatic rings. The van der Waals surface area contributed by atoms with Crippen LogP contribution in [0.25, 0.3) is 11.3 Å². The van der Waals surface area contributed by atoms with Crippen LogP contribution in [0.2, 0.25) is 0 Å². The number of nitrogens with zero attached hydrogens (tertiary/aromatic N) is 5. The van der Waals surface area contributed by atoms with E-state index in [0.29, 0.717) is 34.0 Å². The van der Waals surface area contributed by atoms with Crippen molar-refractivity contribution in [3.63, 3.8) is 0 Å². The molecule has 0 saturated heterocycles. The van der Waals surface area contributed by atoms with Gasteiger partial charge in [-0.2, -0.15) is 0 Å². The maximum absolute atomic E-state index is 14.0. The predicted octanol–water partition coefficient (Wildman–Crippen LogP) is 3.34. The third kappa shape index (κ3) is 4.13. The first kappa shape index (κ1) is 19.2. The largest absolute Gasteiger partial charge is 0.364 e. The second kappa shape index (κ2) is 8.57. The number of hydrogen-bond acceptors (Lipinski definition) is 8. The Morgan fingerprint density at radius 2 is 2.03 bits per heavy atom. The summed E-state index contributed by atoms with van der Waals surface area (Å²) < 4.78 is 36.2. The van der Waals surface area contributed by atoms with Crippen LogP contribution >= 0.6 is 0 Å². The first-order chi connectivity index (χ1) is 17.9. The summed E-state index contributed by atoms with van der Waals surface area (Å²) in [5, 5.41) is 15.5. The second-order valence-corrected chi connectivity index (χ2v) is 8.72. The molecule has 0 aromatic carbocycles. The quantitative estimate of drug-likeness (QED) is 0.509. The topological polar surface area (TPSA) is 125 Å².